The first-order valence-corrected chi connectivity index (χ1v) is 7.07. The fourth-order valence-corrected chi connectivity index (χ4v) is 1.78. The molecule has 1 aromatic rings. The molecule has 0 fully saturated rings. The van der Waals surface area contributed by atoms with Crippen molar-refractivity contribution in [2.75, 3.05) is 6.61 Å². The van der Waals surface area contributed by atoms with Crippen LogP contribution in [0.3, 0.4) is 0 Å². The molecule has 0 spiro atoms. The first-order valence-electron chi connectivity index (χ1n) is 6.28. The number of nitrogens with one attached hydrogen (secondary N) is 1. The number of thiocarbonyl (C=S) groups is 1. The first-order chi connectivity index (χ1) is 9.25. The number of benzene rings is 1. The van der Waals surface area contributed by atoms with E-state index in [1.54, 1.807) is 18.2 Å². The Labute approximate surface area is 129 Å². The van der Waals surface area contributed by atoms with Gasteiger partial charge in [0.1, 0.15) is 10.7 Å². The zero-order valence-corrected chi connectivity index (χ0v) is 13.4. The molecule has 0 radical (unpaired) electrons. The molecular weight excluding hydrogens is 296 g/mol. The third-order valence-electron chi connectivity index (χ3n) is 2.94. The fourth-order valence-electron chi connectivity index (χ4n) is 1.42. The zero-order valence-electron chi connectivity index (χ0n) is 11.8. The lowest BCUT2D eigenvalue weighted by Crippen LogP contribution is -2.44. The van der Waals surface area contributed by atoms with Gasteiger partial charge < -0.3 is 15.8 Å². The summed E-state index contributed by atoms with van der Waals surface area (Å²) in [5.74, 6) is 0.238. The van der Waals surface area contributed by atoms with Gasteiger partial charge in [0, 0.05) is 11.1 Å². The highest BCUT2D eigenvalue weighted by Gasteiger charge is 2.18. The van der Waals surface area contributed by atoms with E-state index in [-0.39, 0.29) is 23.0 Å². The van der Waals surface area contributed by atoms with Gasteiger partial charge in [-0.1, -0.05) is 30.7 Å². The van der Waals surface area contributed by atoms with Crippen LogP contribution in [0.2, 0.25) is 5.02 Å². The van der Waals surface area contributed by atoms with Gasteiger partial charge in [0.25, 0.3) is 5.91 Å². The summed E-state index contributed by atoms with van der Waals surface area (Å²) in [4.78, 5) is 12.0. The average Bonchev–Trinajstić information content (AvgIpc) is 2.36. The van der Waals surface area contributed by atoms with Crippen molar-refractivity contribution in [1.29, 1.82) is 0 Å². The third-order valence-corrected chi connectivity index (χ3v) is 3.47. The summed E-state index contributed by atoms with van der Waals surface area (Å²) < 4.78 is 5.40. The summed E-state index contributed by atoms with van der Waals surface area (Å²) in [6, 6.07) is 4.97. The van der Waals surface area contributed by atoms with Crippen molar-refractivity contribution < 1.29 is 9.53 Å². The second-order valence-corrected chi connectivity index (χ2v) is 5.93. The molecule has 0 aliphatic heterocycles. The minimum atomic E-state index is -0.250. The number of nitrogens with two attached hydrogens (primary N) is 1. The van der Waals surface area contributed by atoms with E-state index < -0.39 is 0 Å². The molecule has 0 bridgehead atoms. The van der Waals surface area contributed by atoms with Gasteiger partial charge in [-0.15, -0.1) is 0 Å². The maximum Gasteiger partial charge on any atom is 0.258 e. The van der Waals surface area contributed by atoms with Crippen LogP contribution in [0, 0.1) is 0 Å². The Bertz CT molecular complexity index is 518. The van der Waals surface area contributed by atoms with Crippen molar-refractivity contribution in [1.82, 2.24) is 5.32 Å². The molecular formula is C14H19ClN2O2S. The van der Waals surface area contributed by atoms with Crippen LogP contribution in [0.5, 0.6) is 5.75 Å². The number of halogens is 1. The second-order valence-electron chi connectivity index (χ2n) is 5.08. The van der Waals surface area contributed by atoms with Crippen molar-refractivity contribution in [3.05, 3.63) is 28.8 Å². The summed E-state index contributed by atoms with van der Waals surface area (Å²) in [6.45, 7) is 5.83. The van der Waals surface area contributed by atoms with Gasteiger partial charge in [-0.3, -0.25) is 4.79 Å². The van der Waals surface area contributed by atoms with Gasteiger partial charge in [-0.05, 0) is 38.5 Å². The summed E-state index contributed by atoms with van der Waals surface area (Å²) in [7, 11) is 0. The van der Waals surface area contributed by atoms with Gasteiger partial charge >= 0.3 is 0 Å². The van der Waals surface area contributed by atoms with E-state index in [2.05, 4.69) is 5.32 Å². The highest BCUT2D eigenvalue weighted by molar-refractivity contribution is 7.80. The van der Waals surface area contributed by atoms with Crippen molar-refractivity contribution in [2.45, 2.75) is 32.7 Å². The molecule has 20 heavy (non-hydrogen) atoms. The lowest BCUT2D eigenvalue weighted by Gasteiger charge is -2.24. The molecule has 0 saturated carbocycles. The Hall–Kier alpha value is -1.33. The number of rotatable bonds is 6. The van der Waals surface area contributed by atoms with Crippen LogP contribution in [0.25, 0.3) is 0 Å². The Balaban J connectivity index is 2.62. The van der Waals surface area contributed by atoms with Crippen molar-refractivity contribution in [3.8, 4) is 5.75 Å². The number of carbonyl (C=O) groups excluding carboxylic acids is 1. The molecule has 1 rings (SSSR count). The Morgan fingerprint density at radius 3 is 2.65 bits per heavy atom. The average molecular weight is 315 g/mol. The minimum Gasteiger partial charge on any atom is -0.482 e. The Morgan fingerprint density at radius 2 is 2.15 bits per heavy atom. The highest BCUT2D eigenvalue weighted by atomic mass is 35.5. The summed E-state index contributed by atoms with van der Waals surface area (Å²) >= 11 is 10.9. The molecule has 0 aliphatic rings. The van der Waals surface area contributed by atoms with Crippen LogP contribution >= 0.6 is 23.8 Å². The van der Waals surface area contributed by atoms with Crippen LogP contribution in [-0.2, 0) is 4.79 Å². The predicted octanol–water partition coefficient (Wildman–Crippen LogP) is 2.66. The summed E-state index contributed by atoms with van der Waals surface area (Å²) in [6.07, 6.45) is 0.835. The molecule has 0 atom stereocenters. The number of amides is 1. The molecule has 0 heterocycles. The largest absolute Gasteiger partial charge is 0.482 e. The van der Waals surface area contributed by atoms with Gasteiger partial charge in [-0.2, -0.15) is 0 Å². The molecule has 6 heteroatoms. The summed E-state index contributed by atoms with van der Waals surface area (Å²) in [5.41, 5.74) is 5.92. The quantitative estimate of drug-likeness (QED) is 0.792. The smallest absolute Gasteiger partial charge is 0.258 e. The summed E-state index contributed by atoms with van der Waals surface area (Å²) in [5, 5.41) is 3.25. The maximum atomic E-state index is 11.8. The standard InChI is InChI=1S/C14H19ClN2O2S/c1-4-14(2,3)17-12(18)8-19-11-6-5-9(13(16)20)7-10(11)15/h5-7H,4,8H2,1-3H3,(H2,16,20)(H,17,18). The highest BCUT2D eigenvalue weighted by Crippen LogP contribution is 2.25. The van der Waals surface area contributed by atoms with Crippen LogP contribution in [0.15, 0.2) is 18.2 Å². The van der Waals surface area contributed by atoms with E-state index in [1.807, 2.05) is 20.8 Å². The second kappa shape index (κ2) is 6.90. The molecule has 1 amide bonds. The lowest BCUT2D eigenvalue weighted by atomic mass is 10.0. The predicted molar refractivity (Wildman–Crippen MR) is 85.3 cm³/mol. The molecule has 0 aliphatic carbocycles. The Kier molecular flexibility index (Phi) is 5.77. The number of hydrogen-bond donors (Lipinski definition) is 2. The lowest BCUT2D eigenvalue weighted by molar-refractivity contribution is -0.124. The molecule has 0 unspecified atom stereocenters. The van der Waals surface area contributed by atoms with Crippen LogP contribution in [-0.4, -0.2) is 23.0 Å². The van der Waals surface area contributed by atoms with Gasteiger partial charge in [0.15, 0.2) is 6.61 Å². The molecule has 0 aromatic heterocycles. The van der Waals surface area contributed by atoms with Gasteiger partial charge in [-0.25, -0.2) is 0 Å². The number of hydrogen-bond acceptors (Lipinski definition) is 3. The van der Waals surface area contributed by atoms with E-state index in [4.69, 9.17) is 34.3 Å². The SMILES string of the molecule is CCC(C)(C)NC(=O)COc1ccc(C(N)=S)cc1Cl. The third kappa shape index (κ3) is 4.98. The minimum absolute atomic E-state index is 0.0877. The van der Waals surface area contributed by atoms with Crippen LogP contribution in [0.4, 0.5) is 0 Å². The monoisotopic (exact) mass is 314 g/mol. The van der Waals surface area contributed by atoms with Crippen molar-refractivity contribution in [2.24, 2.45) is 5.73 Å². The van der Waals surface area contributed by atoms with Gasteiger partial charge in [0.05, 0.1) is 5.02 Å². The maximum absolute atomic E-state index is 11.8. The van der Waals surface area contributed by atoms with E-state index in [9.17, 15) is 4.79 Å². The number of carbonyl (C=O) groups is 1. The van der Waals surface area contributed by atoms with E-state index in [0.29, 0.717) is 16.3 Å². The molecule has 1 aromatic carbocycles. The van der Waals surface area contributed by atoms with E-state index in [0.717, 1.165) is 6.42 Å². The van der Waals surface area contributed by atoms with Crippen LogP contribution < -0.4 is 15.8 Å². The molecule has 4 nitrogen and oxygen atoms in total. The van der Waals surface area contributed by atoms with Crippen molar-refractivity contribution in [3.63, 3.8) is 0 Å². The van der Waals surface area contributed by atoms with Crippen LogP contribution in [0.1, 0.15) is 32.8 Å². The molecule has 0 saturated heterocycles. The Morgan fingerprint density at radius 1 is 1.50 bits per heavy atom. The van der Waals surface area contributed by atoms with Gasteiger partial charge in [0.2, 0.25) is 0 Å². The number of ether oxygens (including phenoxy) is 1. The first kappa shape index (κ1) is 16.7. The topological polar surface area (TPSA) is 64.3 Å². The zero-order chi connectivity index (χ0) is 15.3. The van der Waals surface area contributed by atoms with E-state index >= 15 is 0 Å². The molecule has 3 N–H and O–H groups in total. The van der Waals surface area contributed by atoms with Crippen molar-refractivity contribution >= 4 is 34.7 Å². The van der Waals surface area contributed by atoms with E-state index in [1.165, 1.54) is 0 Å². The normalized spacial score (nSPS) is 11.0. The fraction of sp³-hybridized carbons (Fsp3) is 0.429. The molecule has 110 valence electrons.